The van der Waals surface area contributed by atoms with Crippen LogP contribution in [0.2, 0.25) is 0 Å². The molecule has 0 saturated carbocycles. The molecule has 3 fully saturated rings. The van der Waals surface area contributed by atoms with Crippen molar-refractivity contribution in [3.63, 3.8) is 0 Å². The molecule has 0 bridgehead atoms. The summed E-state index contributed by atoms with van der Waals surface area (Å²) in [6.45, 7) is 42.4. The Morgan fingerprint density at radius 3 is 0.767 bits per heavy atom. The van der Waals surface area contributed by atoms with E-state index in [4.69, 9.17) is 15.0 Å². The molecule has 0 spiro atoms. The number of aromatic nitrogens is 3. The lowest BCUT2D eigenvalue weighted by Crippen LogP contribution is -2.67. The van der Waals surface area contributed by atoms with E-state index in [1.54, 1.807) is 0 Å². The van der Waals surface area contributed by atoms with Crippen LogP contribution in [0.1, 0.15) is 202 Å². The molecule has 0 radical (unpaired) electrons. The first-order chi connectivity index (χ1) is 27.6. The zero-order valence-electron chi connectivity index (χ0n) is 41.9. The monoisotopic (exact) mass is 844 g/mol. The molecule has 3 saturated heterocycles. The maximum absolute atomic E-state index is 11.1. The number of anilines is 3. The fourth-order valence-electron chi connectivity index (χ4n) is 13.5. The summed E-state index contributed by atoms with van der Waals surface area (Å²) in [6, 6.07) is 0.478. The Kier molecular flexibility index (Phi) is 16.2. The maximum Gasteiger partial charge on any atom is 0.232 e. The first kappa shape index (κ1) is 50.8. The zero-order chi connectivity index (χ0) is 45.4. The number of rotatable bonds is 18. The van der Waals surface area contributed by atoms with Gasteiger partial charge in [-0.1, -0.05) is 40.0 Å². The average Bonchev–Trinajstić information content (AvgIpc) is 3.04. The number of nitrogens with zero attached hydrogens (tertiary/aromatic N) is 9. The van der Waals surface area contributed by atoms with Crippen LogP contribution in [0.25, 0.3) is 0 Å². The van der Waals surface area contributed by atoms with Gasteiger partial charge in [0.1, 0.15) is 18.7 Å². The highest BCUT2D eigenvalue weighted by Crippen LogP contribution is 2.46. The molecular formula is C48H93N9O3. The van der Waals surface area contributed by atoms with Gasteiger partial charge >= 0.3 is 0 Å². The number of hydrogen-bond donors (Lipinski definition) is 3. The Morgan fingerprint density at radius 2 is 0.617 bits per heavy atom. The summed E-state index contributed by atoms with van der Waals surface area (Å²) in [5.74, 6) is 2.27. The molecule has 3 aliphatic heterocycles. The van der Waals surface area contributed by atoms with E-state index in [0.29, 0.717) is 0 Å². The highest BCUT2D eigenvalue weighted by Gasteiger charge is 2.52. The molecule has 0 aliphatic carbocycles. The van der Waals surface area contributed by atoms with Crippen molar-refractivity contribution in [1.82, 2.24) is 29.7 Å². The number of hydrogen-bond acceptors (Lipinski definition) is 12. The van der Waals surface area contributed by atoms with Gasteiger partial charge in [-0.25, -0.2) is 0 Å². The summed E-state index contributed by atoms with van der Waals surface area (Å²) in [7, 11) is 0. The van der Waals surface area contributed by atoms with Crippen LogP contribution in [0.15, 0.2) is 0 Å². The van der Waals surface area contributed by atoms with Crippen molar-refractivity contribution >= 4 is 17.8 Å². The van der Waals surface area contributed by atoms with Crippen LogP contribution in [0.3, 0.4) is 0 Å². The predicted molar refractivity (Wildman–Crippen MR) is 251 cm³/mol. The molecule has 12 heteroatoms. The second kappa shape index (κ2) is 19.1. The van der Waals surface area contributed by atoms with Crippen molar-refractivity contribution in [3.8, 4) is 0 Å². The van der Waals surface area contributed by atoms with Gasteiger partial charge in [0.25, 0.3) is 0 Å². The third-order valence-electron chi connectivity index (χ3n) is 14.4. The van der Waals surface area contributed by atoms with Crippen molar-refractivity contribution < 1.29 is 15.3 Å². The van der Waals surface area contributed by atoms with Gasteiger partial charge in [0, 0.05) is 71.0 Å². The average molecular weight is 844 g/mol. The summed E-state index contributed by atoms with van der Waals surface area (Å²) >= 11 is 0. The minimum atomic E-state index is -0.558. The smallest absolute Gasteiger partial charge is 0.232 e. The molecule has 12 nitrogen and oxygen atoms in total. The van der Waals surface area contributed by atoms with E-state index in [-0.39, 0.29) is 51.4 Å². The van der Waals surface area contributed by atoms with Gasteiger partial charge in [0.15, 0.2) is 0 Å². The summed E-state index contributed by atoms with van der Waals surface area (Å²) in [5.41, 5.74) is -1.54. The largest absolute Gasteiger partial charge is 0.379 e. The molecule has 3 unspecified atom stereocenters. The number of likely N-dealkylation sites (tertiary alicyclic amines) is 3. The van der Waals surface area contributed by atoms with E-state index in [1.807, 2.05) is 20.8 Å². The van der Waals surface area contributed by atoms with Gasteiger partial charge in [-0.2, -0.15) is 15.0 Å². The highest BCUT2D eigenvalue weighted by atomic mass is 16.3. The van der Waals surface area contributed by atoms with E-state index in [0.717, 1.165) is 115 Å². The predicted octanol–water partition coefficient (Wildman–Crippen LogP) is 8.77. The first-order valence-corrected chi connectivity index (χ1v) is 24.1. The van der Waals surface area contributed by atoms with Gasteiger partial charge in [-0.15, -0.1) is 0 Å². The standard InChI is InChI=1S/C48H93N9O3/c1-19-22-25-52(37-28-43(7,8)55(34(4)58)44(9,10)29-37)40-49-41(53(26-23-20-2)38-30-45(11,12)56(35(5)59)46(13,14)31-38)51-42(50-40)54(27-24-21-3)39-32-47(15,16)57(36(6)60)48(17,18)33-39/h34-39,58-60H,19-33H2,1-18H3. The molecule has 0 aromatic carbocycles. The third-order valence-corrected chi connectivity index (χ3v) is 14.4. The van der Waals surface area contributed by atoms with Crippen LogP contribution in [0.5, 0.6) is 0 Å². The molecule has 4 rings (SSSR count). The first-order valence-electron chi connectivity index (χ1n) is 24.1. The van der Waals surface area contributed by atoms with Crippen molar-refractivity contribution in [1.29, 1.82) is 0 Å². The fourth-order valence-corrected chi connectivity index (χ4v) is 13.5. The van der Waals surface area contributed by atoms with E-state index < -0.39 is 18.7 Å². The normalized spacial score (nSPS) is 25.1. The molecule has 1 aromatic rings. The van der Waals surface area contributed by atoms with Gasteiger partial charge < -0.3 is 30.0 Å². The molecule has 348 valence electrons. The molecule has 60 heavy (non-hydrogen) atoms. The molecule has 4 heterocycles. The number of aliphatic hydroxyl groups excluding tert-OH is 3. The van der Waals surface area contributed by atoms with E-state index in [9.17, 15) is 15.3 Å². The van der Waals surface area contributed by atoms with E-state index >= 15 is 0 Å². The fraction of sp³-hybridized carbons (Fsp3) is 0.938. The van der Waals surface area contributed by atoms with Crippen LogP contribution in [-0.2, 0) is 0 Å². The van der Waals surface area contributed by atoms with Crippen molar-refractivity contribution in [2.75, 3.05) is 34.3 Å². The van der Waals surface area contributed by atoms with Crippen LogP contribution < -0.4 is 14.7 Å². The van der Waals surface area contributed by atoms with Crippen LogP contribution in [0.4, 0.5) is 17.8 Å². The second-order valence-corrected chi connectivity index (χ2v) is 22.9. The number of piperidine rings is 3. The quantitative estimate of drug-likeness (QED) is 0.131. The van der Waals surface area contributed by atoms with E-state index in [1.165, 1.54) is 0 Å². The SMILES string of the molecule is CCCCN(c1nc(N(CCCC)C2CC(C)(C)N(C(C)O)C(C)(C)C2)nc(N(CCCC)C2CC(C)(C)N(C(C)O)C(C)(C)C2)n1)C1CC(C)(C)N(C(C)O)C(C)(C)C1. The highest BCUT2D eigenvalue weighted by molar-refractivity contribution is 5.49. The Balaban J connectivity index is 2.00. The summed E-state index contributed by atoms with van der Waals surface area (Å²) in [6.07, 6.45) is 9.82. The molecule has 3 atom stereocenters. The molecule has 3 aliphatic rings. The lowest BCUT2D eigenvalue weighted by Gasteiger charge is -2.58. The van der Waals surface area contributed by atoms with Crippen molar-refractivity contribution in [2.45, 2.75) is 272 Å². The van der Waals surface area contributed by atoms with Gasteiger partial charge in [0.2, 0.25) is 17.8 Å². The van der Waals surface area contributed by atoms with Crippen molar-refractivity contribution in [3.05, 3.63) is 0 Å². The lowest BCUT2D eigenvalue weighted by molar-refractivity contribution is -0.135. The molecule has 3 N–H and O–H groups in total. The third kappa shape index (κ3) is 11.1. The van der Waals surface area contributed by atoms with Gasteiger partial charge in [-0.3, -0.25) is 14.7 Å². The minimum Gasteiger partial charge on any atom is -0.379 e. The summed E-state index contributed by atoms with van der Waals surface area (Å²) in [4.78, 5) is 31.3. The Hall–Kier alpha value is -1.83. The Bertz CT molecular complexity index is 1280. The zero-order valence-corrected chi connectivity index (χ0v) is 41.9. The number of aliphatic hydroxyl groups is 3. The summed E-state index contributed by atoms with van der Waals surface area (Å²) in [5, 5.41) is 33.3. The number of unbranched alkanes of at least 4 members (excludes halogenated alkanes) is 3. The van der Waals surface area contributed by atoms with Crippen LogP contribution in [0, 0.1) is 0 Å². The van der Waals surface area contributed by atoms with Gasteiger partial charge in [0.05, 0.1) is 0 Å². The molecule has 1 aromatic heterocycles. The summed E-state index contributed by atoms with van der Waals surface area (Å²) < 4.78 is 0. The Labute approximate surface area is 367 Å². The molecular weight excluding hydrogens is 751 g/mol. The lowest BCUT2D eigenvalue weighted by atomic mass is 9.76. The van der Waals surface area contributed by atoms with E-state index in [2.05, 4.69) is 133 Å². The van der Waals surface area contributed by atoms with Crippen LogP contribution >= 0.6 is 0 Å². The minimum absolute atomic E-state index is 0.159. The Morgan fingerprint density at radius 1 is 0.433 bits per heavy atom. The van der Waals surface area contributed by atoms with Gasteiger partial charge in [-0.05, 0) is 162 Å². The maximum atomic E-state index is 11.1. The second-order valence-electron chi connectivity index (χ2n) is 22.9. The van der Waals surface area contributed by atoms with Crippen LogP contribution in [-0.4, -0.2) is 135 Å². The topological polar surface area (TPSA) is 119 Å². The van der Waals surface area contributed by atoms with Crippen molar-refractivity contribution in [2.24, 2.45) is 0 Å². The molecule has 0 amide bonds.